The Morgan fingerprint density at radius 1 is 0.879 bits per heavy atom. The van der Waals surface area contributed by atoms with Gasteiger partial charge in [-0.2, -0.15) is 0 Å². The smallest absolute Gasteiger partial charge is 0.101 e. The van der Waals surface area contributed by atoms with Gasteiger partial charge in [0.25, 0.3) is 0 Å². The van der Waals surface area contributed by atoms with Crippen LogP contribution in [0.1, 0.15) is 92.9 Å². The van der Waals surface area contributed by atoms with Crippen LogP contribution in [0, 0.1) is 52.3 Å². The van der Waals surface area contributed by atoms with Crippen molar-refractivity contribution in [1.29, 1.82) is 0 Å². The van der Waals surface area contributed by atoms with E-state index in [2.05, 4.69) is 34.6 Å². The lowest BCUT2D eigenvalue weighted by Gasteiger charge is -2.61. The first-order valence-corrected chi connectivity index (χ1v) is 13.8. The van der Waals surface area contributed by atoms with Gasteiger partial charge in [-0.05, 0) is 116 Å². The van der Waals surface area contributed by atoms with Crippen LogP contribution in [-0.4, -0.2) is 44.8 Å². The Balaban J connectivity index is 1.53. The number of aliphatic hydroxyl groups excluding tert-OH is 4. The molecule has 0 aromatic carbocycles. The van der Waals surface area contributed by atoms with E-state index in [1.54, 1.807) is 0 Å². The molecule has 4 nitrogen and oxygen atoms in total. The van der Waals surface area contributed by atoms with Gasteiger partial charge in [-0.25, -0.2) is 0 Å². The van der Waals surface area contributed by atoms with Gasteiger partial charge in [0.05, 0.1) is 18.3 Å². The van der Waals surface area contributed by atoms with E-state index in [0.29, 0.717) is 29.6 Å². The van der Waals surface area contributed by atoms with E-state index in [0.717, 1.165) is 24.8 Å². The molecule has 33 heavy (non-hydrogen) atoms. The van der Waals surface area contributed by atoms with E-state index in [1.807, 2.05) is 13.0 Å². The first-order chi connectivity index (χ1) is 15.5. The number of hydrogen-bond acceptors (Lipinski definition) is 4. The molecule has 4 N–H and O–H groups in total. The third-order valence-corrected chi connectivity index (χ3v) is 11.6. The topological polar surface area (TPSA) is 80.9 Å². The third kappa shape index (κ3) is 4.05. The van der Waals surface area contributed by atoms with E-state index in [-0.39, 0.29) is 22.7 Å². The second-order valence-electron chi connectivity index (χ2n) is 13.2. The fraction of sp³-hybridized carbons (Fsp3) is 0.931. The van der Waals surface area contributed by atoms with Crippen molar-refractivity contribution in [1.82, 2.24) is 0 Å². The van der Waals surface area contributed by atoms with Gasteiger partial charge >= 0.3 is 0 Å². The minimum absolute atomic E-state index is 0.0684. The fourth-order valence-corrected chi connectivity index (χ4v) is 9.75. The first-order valence-electron chi connectivity index (χ1n) is 13.8. The minimum atomic E-state index is -0.784. The zero-order valence-electron chi connectivity index (χ0n) is 21.9. The summed E-state index contributed by atoms with van der Waals surface area (Å²) >= 11 is 0. The van der Waals surface area contributed by atoms with Crippen molar-refractivity contribution in [3.05, 3.63) is 11.6 Å². The van der Waals surface area contributed by atoms with Crippen LogP contribution >= 0.6 is 0 Å². The maximum atomic E-state index is 11.2. The molecule has 4 rings (SSSR count). The molecule has 0 aromatic rings. The Hall–Kier alpha value is -0.420. The minimum Gasteiger partial charge on any atom is -0.390 e. The van der Waals surface area contributed by atoms with E-state index in [4.69, 9.17) is 0 Å². The van der Waals surface area contributed by atoms with E-state index < -0.39 is 24.4 Å². The summed E-state index contributed by atoms with van der Waals surface area (Å²) in [5, 5.41) is 43.1. The standard InChI is InChI=1S/C29H50O4/c1-7-19(16(2)3)27(33)26(32)17(4)21-10-11-22-20-9-8-18-14-24(30)25(31)15-29(18,6)23(20)12-13-28(21,22)5/h7,16-18,20-27,30-33H,8-15H2,1-6H3. The summed E-state index contributed by atoms with van der Waals surface area (Å²) in [6.07, 6.45) is 8.01. The number of fused-ring (bicyclic) bond motifs is 5. The molecule has 0 spiro atoms. The molecule has 0 heterocycles. The van der Waals surface area contributed by atoms with Crippen molar-refractivity contribution in [2.45, 2.75) is 117 Å². The van der Waals surface area contributed by atoms with Crippen molar-refractivity contribution in [2.75, 3.05) is 0 Å². The second-order valence-corrected chi connectivity index (χ2v) is 13.2. The average molecular weight is 463 g/mol. The molecule has 0 bridgehead atoms. The summed E-state index contributed by atoms with van der Waals surface area (Å²) in [5.41, 5.74) is 1.30. The largest absolute Gasteiger partial charge is 0.390 e. The Morgan fingerprint density at radius 3 is 2.18 bits per heavy atom. The summed E-state index contributed by atoms with van der Waals surface area (Å²) in [4.78, 5) is 0. The van der Waals surface area contributed by atoms with Gasteiger partial charge in [0.2, 0.25) is 0 Å². The fourth-order valence-electron chi connectivity index (χ4n) is 9.75. The molecule has 4 aliphatic carbocycles. The van der Waals surface area contributed by atoms with Gasteiger partial charge in [0.1, 0.15) is 6.10 Å². The molecular weight excluding hydrogens is 412 g/mol. The summed E-state index contributed by atoms with van der Waals surface area (Å²) in [7, 11) is 0. The van der Waals surface area contributed by atoms with Crippen molar-refractivity contribution >= 4 is 0 Å². The number of rotatable bonds is 5. The molecule has 0 radical (unpaired) electrons. The van der Waals surface area contributed by atoms with Crippen LogP contribution in [0.5, 0.6) is 0 Å². The Morgan fingerprint density at radius 2 is 1.55 bits per heavy atom. The quantitative estimate of drug-likeness (QED) is 0.436. The van der Waals surface area contributed by atoms with Crippen LogP contribution in [0.3, 0.4) is 0 Å². The van der Waals surface area contributed by atoms with Crippen LogP contribution in [0.4, 0.5) is 0 Å². The van der Waals surface area contributed by atoms with Gasteiger partial charge in [0.15, 0.2) is 0 Å². The van der Waals surface area contributed by atoms with Crippen LogP contribution in [0.15, 0.2) is 11.6 Å². The highest BCUT2D eigenvalue weighted by molar-refractivity contribution is 5.15. The maximum Gasteiger partial charge on any atom is 0.101 e. The van der Waals surface area contributed by atoms with E-state index in [9.17, 15) is 20.4 Å². The molecule has 0 aliphatic heterocycles. The highest BCUT2D eigenvalue weighted by Gasteiger charge is 2.61. The SMILES string of the molecule is CC=C(C(C)C)C(O)C(O)C(C)C1CCC2C3CCC4CC(O)C(O)CC4(C)C3CCC12C. The number of aliphatic hydroxyl groups is 4. The predicted molar refractivity (Wildman–Crippen MR) is 132 cm³/mol. The van der Waals surface area contributed by atoms with Gasteiger partial charge in [0, 0.05) is 0 Å². The maximum absolute atomic E-state index is 11.2. The molecule has 4 aliphatic rings. The Kier molecular flexibility index (Phi) is 7.17. The summed E-state index contributed by atoms with van der Waals surface area (Å²) in [6, 6.07) is 0. The van der Waals surface area contributed by atoms with Crippen molar-refractivity contribution in [3.63, 3.8) is 0 Å². The molecule has 0 amide bonds. The molecular formula is C29H50O4. The average Bonchev–Trinajstić information content (AvgIpc) is 3.11. The molecule has 12 unspecified atom stereocenters. The van der Waals surface area contributed by atoms with Crippen LogP contribution < -0.4 is 0 Å². The van der Waals surface area contributed by atoms with E-state index >= 15 is 0 Å². The summed E-state index contributed by atoms with van der Waals surface area (Å²) < 4.78 is 0. The van der Waals surface area contributed by atoms with Crippen molar-refractivity contribution in [2.24, 2.45) is 52.3 Å². The molecule has 0 aromatic heterocycles. The summed E-state index contributed by atoms with van der Waals surface area (Å²) in [6.45, 7) is 13.2. The summed E-state index contributed by atoms with van der Waals surface area (Å²) in [5.74, 6) is 3.26. The van der Waals surface area contributed by atoms with Gasteiger partial charge in [-0.1, -0.05) is 40.7 Å². The second kappa shape index (κ2) is 9.22. The normalized spacial score (nSPS) is 48.6. The number of allylic oxidation sites excluding steroid dienone is 1. The highest BCUT2D eigenvalue weighted by Crippen LogP contribution is 2.68. The Labute approximate surface area is 201 Å². The zero-order chi connectivity index (χ0) is 24.3. The molecule has 4 heteroatoms. The first kappa shape index (κ1) is 25.7. The number of hydrogen-bond donors (Lipinski definition) is 4. The van der Waals surface area contributed by atoms with Crippen molar-refractivity contribution in [3.8, 4) is 0 Å². The van der Waals surface area contributed by atoms with Crippen LogP contribution in [-0.2, 0) is 0 Å². The van der Waals surface area contributed by atoms with Gasteiger partial charge < -0.3 is 20.4 Å². The lowest BCUT2D eigenvalue weighted by atomic mass is 9.44. The van der Waals surface area contributed by atoms with Gasteiger partial charge in [-0.15, -0.1) is 0 Å². The lowest BCUT2D eigenvalue weighted by Crippen LogP contribution is -2.57. The van der Waals surface area contributed by atoms with Crippen LogP contribution in [0.25, 0.3) is 0 Å². The lowest BCUT2D eigenvalue weighted by molar-refractivity contribution is -0.162. The molecule has 4 fully saturated rings. The third-order valence-electron chi connectivity index (χ3n) is 11.6. The Bertz CT molecular complexity index is 733. The van der Waals surface area contributed by atoms with E-state index in [1.165, 1.54) is 32.1 Å². The zero-order valence-corrected chi connectivity index (χ0v) is 21.9. The van der Waals surface area contributed by atoms with Crippen molar-refractivity contribution < 1.29 is 20.4 Å². The van der Waals surface area contributed by atoms with Crippen LogP contribution in [0.2, 0.25) is 0 Å². The molecule has 0 saturated heterocycles. The highest BCUT2D eigenvalue weighted by atomic mass is 16.3. The van der Waals surface area contributed by atoms with Gasteiger partial charge in [-0.3, -0.25) is 0 Å². The monoisotopic (exact) mass is 462 g/mol. The molecule has 4 saturated carbocycles. The predicted octanol–water partition coefficient (Wildman–Crippen LogP) is 4.94. The molecule has 12 atom stereocenters. The molecule has 190 valence electrons.